The van der Waals surface area contributed by atoms with Gasteiger partial charge in [-0.3, -0.25) is 9.36 Å². The second-order valence-corrected chi connectivity index (χ2v) is 11.4. The molecule has 0 radical (unpaired) electrons. The molecule has 1 aromatic carbocycles. The molecule has 4 nitrogen and oxygen atoms in total. The Bertz CT molecular complexity index is 599. The fourth-order valence-electron chi connectivity index (χ4n) is 2.45. The van der Waals surface area contributed by atoms with E-state index < -0.39 is 6.72 Å². The molecule has 0 saturated carbocycles. The number of carbonyl (C=O) groups is 1. The smallest absolute Gasteiger partial charge is 0.306 e. The van der Waals surface area contributed by atoms with Crippen molar-refractivity contribution in [2.75, 3.05) is 12.4 Å². The van der Waals surface area contributed by atoms with Crippen LogP contribution in [0.2, 0.25) is 5.02 Å². The fourth-order valence-corrected chi connectivity index (χ4v) is 8.81. The second-order valence-electron chi connectivity index (χ2n) is 5.15. The third-order valence-corrected chi connectivity index (χ3v) is 9.65. The van der Waals surface area contributed by atoms with Crippen LogP contribution in [-0.2, 0) is 9.09 Å². The quantitative estimate of drug-likeness (QED) is 0.514. The Hall–Kier alpha value is -0.130. The summed E-state index contributed by atoms with van der Waals surface area (Å²) >= 11 is 8.42. The summed E-state index contributed by atoms with van der Waals surface area (Å²) in [7, 11) is 0. The van der Waals surface area contributed by atoms with Gasteiger partial charge < -0.3 is 4.52 Å². The molecule has 23 heavy (non-hydrogen) atoms. The van der Waals surface area contributed by atoms with Crippen molar-refractivity contribution in [3.8, 4) is 0 Å². The fraction of sp³-hybridized carbons (Fsp3) is 0.533. The van der Waals surface area contributed by atoms with Gasteiger partial charge in [0.1, 0.15) is 0 Å². The molecule has 2 rings (SSSR count). The summed E-state index contributed by atoms with van der Waals surface area (Å²) in [5.74, 6) is 0.688. The Morgan fingerprint density at radius 1 is 1.35 bits per heavy atom. The maximum absolute atomic E-state index is 13.4. The standard InChI is InChI=1S/C15H21ClNO3PS2/c1-4-10-22-21(19,20-5-2)17-14(11(3)23-15(17)18)12-6-8-13(16)9-7-12/h6-9,11,14H,4-5,10H2,1-3H3/t11-,14+,21?/m1/s1. The van der Waals surface area contributed by atoms with Crippen molar-refractivity contribution in [3.05, 3.63) is 34.9 Å². The maximum atomic E-state index is 13.4. The van der Waals surface area contributed by atoms with Crippen molar-refractivity contribution in [1.82, 2.24) is 4.67 Å². The van der Waals surface area contributed by atoms with Gasteiger partial charge in [-0.1, -0.05) is 49.3 Å². The summed E-state index contributed by atoms with van der Waals surface area (Å²) < 4.78 is 20.4. The van der Waals surface area contributed by atoms with Crippen LogP contribution in [0.4, 0.5) is 4.79 Å². The number of thioether (sulfide) groups is 1. The Balaban J connectivity index is 2.40. The molecular formula is C15H21ClNO3PS2. The zero-order valence-corrected chi connectivity index (χ0v) is 16.7. The molecule has 1 aromatic rings. The van der Waals surface area contributed by atoms with E-state index in [4.69, 9.17) is 16.1 Å². The third-order valence-electron chi connectivity index (χ3n) is 3.41. The molecule has 0 aromatic heterocycles. The zero-order valence-electron chi connectivity index (χ0n) is 13.4. The first kappa shape index (κ1) is 19.2. The van der Waals surface area contributed by atoms with Gasteiger partial charge in [0.15, 0.2) is 0 Å². The maximum Gasteiger partial charge on any atom is 0.357 e. The minimum Gasteiger partial charge on any atom is -0.306 e. The molecule has 1 heterocycles. The van der Waals surface area contributed by atoms with E-state index in [0.29, 0.717) is 17.4 Å². The average molecular weight is 394 g/mol. The minimum atomic E-state index is -3.26. The first-order chi connectivity index (χ1) is 10.9. The number of hydrogen-bond donors (Lipinski definition) is 0. The molecule has 0 spiro atoms. The van der Waals surface area contributed by atoms with Crippen LogP contribution in [0.1, 0.15) is 38.8 Å². The molecule has 1 aliphatic heterocycles. The van der Waals surface area contributed by atoms with Gasteiger partial charge in [0.05, 0.1) is 12.6 Å². The largest absolute Gasteiger partial charge is 0.357 e. The van der Waals surface area contributed by atoms with Gasteiger partial charge in [-0.2, -0.15) is 0 Å². The Labute approximate surface area is 150 Å². The molecule has 1 aliphatic rings. The predicted octanol–water partition coefficient (Wildman–Crippen LogP) is 6.23. The summed E-state index contributed by atoms with van der Waals surface area (Å²) in [6.45, 7) is 2.84. The van der Waals surface area contributed by atoms with Gasteiger partial charge in [0.2, 0.25) is 0 Å². The van der Waals surface area contributed by atoms with Crippen molar-refractivity contribution >= 4 is 46.7 Å². The van der Waals surface area contributed by atoms with Crippen LogP contribution < -0.4 is 0 Å². The Morgan fingerprint density at radius 2 is 2.00 bits per heavy atom. The Morgan fingerprint density at radius 3 is 2.57 bits per heavy atom. The highest BCUT2D eigenvalue weighted by Gasteiger charge is 2.49. The molecular weight excluding hydrogens is 373 g/mol. The average Bonchev–Trinajstić information content (AvgIpc) is 2.81. The topological polar surface area (TPSA) is 46.6 Å². The lowest BCUT2D eigenvalue weighted by Crippen LogP contribution is -2.26. The molecule has 8 heteroatoms. The number of benzene rings is 1. The van der Waals surface area contributed by atoms with Gasteiger partial charge in [0.25, 0.3) is 5.24 Å². The summed E-state index contributed by atoms with van der Waals surface area (Å²) in [6.07, 6.45) is 0.873. The molecule has 3 atom stereocenters. The minimum absolute atomic E-state index is 0.000293. The number of hydrogen-bond acceptors (Lipinski definition) is 5. The van der Waals surface area contributed by atoms with Crippen LogP contribution in [0.25, 0.3) is 0 Å². The molecule has 1 fully saturated rings. The van der Waals surface area contributed by atoms with Crippen LogP contribution in [0.15, 0.2) is 24.3 Å². The van der Waals surface area contributed by atoms with E-state index >= 15 is 0 Å². The van der Waals surface area contributed by atoms with E-state index in [2.05, 4.69) is 0 Å². The van der Waals surface area contributed by atoms with Crippen LogP contribution in [0, 0.1) is 0 Å². The number of rotatable bonds is 7. The first-order valence-electron chi connectivity index (χ1n) is 7.57. The lowest BCUT2D eigenvalue weighted by molar-refractivity contribution is 0.228. The number of carbonyl (C=O) groups excluding carboxylic acids is 1. The predicted molar refractivity (Wildman–Crippen MR) is 100 cm³/mol. The van der Waals surface area contributed by atoms with E-state index in [1.54, 1.807) is 19.1 Å². The molecule has 1 amide bonds. The summed E-state index contributed by atoms with van der Waals surface area (Å²) in [5, 5.41) is 0.454. The van der Waals surface area contributed by atoms with Crippen LogP contribution in [0.5, 0.6) is 0 Å². The van der Waals surface area contributed by atoms with E-state index in [-0.39, 0.29) is 16.5 Å². The van der Waals surface area contributed by atoms with Crippen molar-refractivity contribution in [3.63, 3.8) is 0 Å². The van der Waals surface area contributed by atoms with E-state index in [1.807, 2.05) is 26.0 Å². The van der Waals surface area contributed by atoms with E-state index in [1.165, 1.54) is 27.8 Å². The van der Waals surface area contributed by atoms with Gasteiger partial charge in [-0.05, 0) is 42.4 Å². The van der Waals surface area contributed by atoms with Gasteiger partial charge >= 0.3 is 6.72 Å². The number of amides is 1. The highest BCUT2D eigenvalue weighted by atomic mass is 35.5. The highest BCUT2D eigenvalue weighted by Crippen LogP contribution is 2.69. The highest BCUT2D eigenvalue weighted by molar-refractivity contribution is 8.56. The van der Waals surface area contributed by atoms with Gasteiger partial charge in [-0.25, -0.2) is 4.67 Å². The monoisotopic (exact) mass is 393 g/mol. The van der Waals surface area contributed by atoms with E-state index in [0.717, 1.165) is 12.0 Å². The molecule has 1 unspecified atom stereocenters. The van der Waals surface area contributed by atoms with Crippen LogP contribution in [0.3, 0.4) is 0 Å². The SMILES string of the molecule is CCCSP(=O)(OCC)N1C(=O)S[C@H](C)[C@H]1c1ccc(Cl)cc1. The lowest BCUT2D eigenvalue weighted by Gasteiger charge is -2.32. The molecule has 0 N–H and O–H groups in total. The summed E-state index contributed by atoms with van der Waals surface area (Å²) in [5.41, 5.74) is 0.928. The van der Waals surface area contributed by atoms with Crippen LogP contribution in [-0.4, -0.2) is 27.5 Å². The van der Waals surface area contributed by atoms with Crippen molar-refractivity contribution in [2.45, 2.75) is 38.5 Å². The van der Waals surface area contributed by atoms with Gasteiger partial charge in [0, 0.05) is 16.0 Å². The first-order valence-corrected chi connectivity index (χ1v) is 12.0. The van der Waals surface area contributed by atoms with Crippen molar-refractivity contribution < 1.29 is 13.9 Å². The summed E-state index contributed by atoms with van der Waals surface area (Å²) in [4.78, 5) is 12.5. The number of nitrogens with zero attached hydrogens (tertiary/aromatic N) is 1. The summed E-state index contributed by atoms with van der Waals surface area (Å²) in [6, 6.07) is 7.08. The third kappa shape index (κ3) is 4.29. The molecule has 128 valence electrons. The molecule has 0 aliphatic carbocycles. The van der Waals surface area contributed by atoms with Gasteiger partial charge in [-0.15, -0.1) is 0 Å². The molecule has 1 saturated heterocycles. The zero-order chi connectivity index (χ0) is 17.0. The van der Waals surface area contributed by atoms with Crippen molar-refractivity contribution in [2.24, 2.45) is 0 Å². The Kier molecular flexibility index (Phi) is 6.93. The lowest BCUT2D eigenvalue weighted by atomic mass is 10.0. The second kappa shape index (κ2) is 8.30. The molecule has 0 bridgehead atoms. The van der Waals surface area contributed by atoms with Crippen molar-refractivity contribution in [1.29, 1.82) is 0 Å². The normalized spacial score (nSPS) is 24.0. The van der Waals surface area contributed by atoms with E-state index in [9.17, 15) is 9.36 Å². The number of halogens is 1. The van der Waals surface area contributed by atoms with Crippen LogP contribution >= 0.6 is 41.5 Å².